The SMILES string of the molecule is CC(=O)CCC1C(=O)CCC2C1(C)CC1(C)[C@H](C)[C@H](C)C21C. The zero-order valence-corrected chi connectivity index (χ0v) is 15.2. The van der Waals surface area contributed by atoms with Gasteiger partial charge in [0.1, 0.15) is 11.6 Å². The monoisotopic (exact) mass is 304 g/mol. The van der Waals surface area contributed by atoms with Crippen molar-refractivity contribution < 1.29 is 9.59 Å². The van der Waals surface area contributed by atoms with Crippen LogP contribution in [0.2, 0.25) is 0 Å². The van der Waals surface area contributed by atoms with E-state index in [1.165, 1.54) is 6.42 Å². The Morgan fingerprint density at radius 1 is 1.18 bits per heavy atom. The standard InChI is InChI=1S/C20H32O2/c1-12(21)7-8-15-16(22)9-10-17-18(15,4)11-19(5)13(2)14(3)20(17,19)6/h13-15,17H,7-11H2,1-6H3/t13-,14+,15?,17?,18?,19?,20?/m1/s1. The highest BCUT2D eigenvalue weighted by Gasteiger charge is 2.76. The predicted octanol–water partition coefficient (Wildman–Crippen LogP) is 4.66. The van der Waals surface area contributed by atoms with E-state index in [4.69, 9.17) is 0 Å². The summed E-state index contributed by atoms with van der Waals surface area (Å²) in [5.41, 5.74) is 0.842. The number of carbonyl (C=O) groups is 2. The highest BCUT2D eigenvalue weighted by Crippen LogP contribution is 2.81. The fourth-order valence-electron chi connectivity index (χ4n) is 7.31. The van der Waals surface area contributed by atoms with Crippen LogP contribution in [0.4, 0.5) is 0 Å². The summed E-state index contributed by atoms with van der Waals surface area (Å²) in [5.74, 6) is 2.88. The number of carbonyl (C=O) groups excluding carboxylic acids is 2. The second-order valence-electron chi connectivity index (χ2n) is 9.31. The molecule has 0 radical (unpaired) electrons. The first-order valence-corrected chi connectivity index (χ1v) is 9.11. The van der Waals surface area contributed by atoms with E-state index in [2.05, 4.69) is 34.6 Å². The molecular weight excluding hydrogens is 272 g/mol. The van der Waals surface area contributed by atoms with Gasteiger partial charge < -0.3 is 4.79 Å². The first-order valence-electron chi connectivity index (χ1n) is 9.11. The molecule has 0 aromatic rings. The van der Waals surface area contributed by atoms with E-state index in [0.29, 0.717) is 29.0 Å². The number of rotatable bonds is 3. The molecule has 3 saturated carbocycles. The molecule has 124 valence electrons. The normalized spacial score (nSPS) is 53.6. The Hall–Kier alpha value is -0.660. The summed E-state index contributed by atoms with van der Waals surface area (Å²) in [4.78, 5) is 24.1. The molecule has 0 spiro atoms. The molecule has 3 aliphatic carbocycles. The zero-order valence-electron chi connectivity index (χ0n) is 15.2. The van der Waals surface area contributed by atoms with Crippen LogP contribution in [-0.4, -0.2) is 11.6 Å². The highest BCUT2D eigenvalue weighted by molar-refractivity contribution is 5.84. The molecule has 0 aromatic heterocycles. The van der Waals surface area contributed by atoms with E-state index in [9.17, 15) is 9.59 Å². The molecule has 5 unspecified atom stereocenters. The van der Waals surface area contributed by atoms with Gasteiger partial charge in [0.15, 0.2) is 0 Å². The van der Waals surface area contributed by atoms with Crippen molar-refractivity contribution in [3.63, 3.8) is 0 Å². The Kier molecular flexibility index (Phi) is 3.44. The maximum atomic E-state index is 12.6. The summed E-state index contributed by atoms with van der Waals surface area (Å²) in [6.07, 6.45) is 4.30. The molecule has 0 aliphatic heterocycles. The van der Waals surface area contributed by atoms with Crippen molar-refractivity contribution in [3.8, 4) is 0 Å². The summed E-state index contributed by atoms with van der Waals surface area (Å²) in [5, 5.41) is 0. The lowest BCUT2D eigenvalue weighted by Crippen LogP contribution is -2.60. The quantitative estimate of drug-likeness (QED) is 0.760. The lowest BCUT2D eigenvalue weighted by Gasteiger charge is -2.65. The second-order valence-corrected chi connectivity index (χ2v) is 9.31. The molecule has 22 heavy (non-hydrogen) atoms. The molecule has 0 saturated heterocycles. The first-order chi connectivity index (χ1) is 10.1. The summed E-state index contributed by atoms with van der Waals surface area (Å²) < 4.78 is 0. The van der Waals surface area contributed by atoms with Gasteiger partial charge in [-0.05, 0) is 60.2 Å². The van der Waals surface area contributed by atoms with Gasteiger partial charge >= 0.3 is 0 Å². The number of hydrogen-bond donors (Lipinski definition) is 0. The number of ketones is 2. The number of fused-ring (bicyclic) bond motifs is 3. The van der Waals surface area contributed by atoms with Crippen LogP contribution in [0.1, 0.15) is 73.6 Å². The van der Waals surface area contributed by atoms with Gasteiger partial charge in [-0.15, -0.1) is 0 Å². The van der Waals surface area contributed by atoms with Crippen molar-refractivity contribution in [2.75, 3.05) is 0 Å². The van der Waals surface area contributed by atoms with E-state index >= 15 is 0 Å². The van der Waals surface area contributed by atoms with Crippen LogP contribution >= 0.6 is 0 Å². The summed E-state index contributed by atoms with van der Waals surface area (Å²) in [6.45, 7) is 13.8. The van der Waals surface area contributed by atoms with E-state index < -0.39 is 0 Å². The summed E-state index contributed by atoms with van der Waals surface area (Å²) in [6, 6.07) is 0. The van der Waals surface area contributed by atoms with Crippen LogP contribution in [-0.2, 0) is 9.59 Å². The molecule has 3 fully saturated rings. The van der Waals surface area contributed by atoms with Gasteiger partial charge in [0.2, 0.25) is 0 Å². The third kappa shape index (κ3) is 1.67. The Morgan fingerprint density at radius 3 is 2.41 bits per heavy atom. The Balaban J connectivity index is 1.97. The third-order valence-electron chi connectivity index (χ3n) is 8.85. The van der Waals surface area contributed by atoms with Crippen LogP contribution < -0.4 is 0 Å². The van der Waals surface area contributed by atoms with E-state index in [1.54, 1.807) is 6.92 Å². The van der Waals surface area contributed by atoms with Crippen LogP contribution in [0.5, 0.6) is 0 Å². The molecule has 2 nitrogen and oxygen atoms in total. The molecule has 0 N–H and O–H groups in total. The molecule has 0 bridgehead atoms. The summed E-state index contributed by atoms with van der Waals surface area (Å²) in [7, 11) is 0. The van der Waals surface area contributed by atoms with Crippen molar-refractivity contribution in [2.24, 2.45) is 39.9 Å². The molecule has 2 heteroatoms. The van der Waals surface area contributed by atoms with Crippen LogP contribution in [0.25, 0.3) is 0 Å². The molecule has 3 rings (SSSR count). The molecular formula is C20H32O2. The molecule has 7 atom stereocenters. The van der Waals surface area contributed by atoms with Gasteiger partial charge in [-0.3, -0.25) is 4.79 Å². The Bertz CT molecular complexity index is 524. The minimum Gasteiger partial charge on any atom is -0.300 e. The smallest absolute Gasteiger partial charge is 0.136 e. The first kappa shape index (κ1) is 16.2. The van der Waals surface area contributed by atoms with Crippen molar-refractivity contribution in [2.45, 2.75) is 73.6 Å². The van der Waals surface area contributed by atoms with Gasteiger partial charge in [-0.1, -0.05) is 34.6 Å². The van der Waals surface area contributed by atoms with Crippen LogP contribution in [0.3, 0.4) is 0 Å². The van der Waals surface area contributed by atoms with Crippen molar-refractivity contribution >= 4 is 11.6 Å². The zero-order chi connectivity index (χ0) is 16.5. The van der Waals surface area contributed by atoms with Crippen molar-refractivity contribution in [1.82, 2.24) is 0 Å². The average Bonchev–Trinajstić information content (AvgIpc) is 2.60. The minimum absolute atomic E-state index is 0.104. The van der Waals surface area contributed by atoms with Crippen LogP contribution in [0, 0.1) is 39.9 Å². The van der Waals surface area contributed by atoms with E-state index in [1.807, 2.05) is 0 Å². The van der Waals surface area contributed by atoms with E-state index in [0.717, 1.165) is 31.1 Å². The highest BCUT2D eigenvalue weighted by atomic mass is 16.1. The second kappa shape index (κ2) is 4.68. The number of hydrogen-bond acceptors (Lipinski definition) is 2. The Morgan fingerprint density at radius 2 is 1.82 bits per heavy atom. The van der Waals surface area contributed by atoms with Crippen molar-refractivity contribution in [3.05, 3.63) is 0 Å². The lowest BCUT2D eigenvalue weighted by atomic mass is 9.39. The maximum absolute atomic E-state index is 12.6. The van der Waals surface area contributed by atoms with Gasteiger partial charge in [-0.2, -0.15) is 0 Å². The molecule has 3 aliphatic rings. The lowest BCUT2D eigenvalue weighted by molar-refractivity contribution is -0.177. The molecule has 0 aromatic carbocycles. The van der Waals surface area contributed by atoms with Crippen molar-refractivity contribution in [1.29, 1.82) is 0 Å². The topological polar surface area (TPSA) is 34.1 Å². The molecule has 0 heterocycles. The fraction of sp³-hybridized carbons (Fsp3) is 0.900. The van der Waals surface area contributed by atoms with Crippen LogP contribution in [0.15, 0.2) is 0 Å². The average molecular weight is 304 g/mol. The Labute approximate surface area is 135 Å². The predicted molar refractivity (Wildman–Crippen MR) is 88.4 cm³/mol. The largest absolute Gasteiger partial charge is 0.300 e. The molecule has 0 amide bonds. The van der Waals surface area contributed by atoms with Gasteiger partial charge in [0, 0.05) is 18.8 Å². The third-order valence-corrected chi connectivity index (χ3v) is 8.85. The van der Waals surface area contributed by atoms with Gasteiger partial charge in [0.25, 0.3) is 0 Å². The summed E-state index contributed by atoms with van der Waals surface area (Å²) >= 11 is 0. The van der Waals surface area contributed by atoms with E-state index in [-0.39, 0.29) is 17.1 Å². The van der Waals surface area contributed by atoms with Gasteiger partial charge in [0.05, 0.1) is 0 Å². The fourth-order valence-corrected chi connectivity index (χ4v) is 7.31. The minimum atomic E-state index is 0.104. The van der Waals surface area contributed by atoms with Gasteiger partial charge in [-0.25, -0.2) is 0 Å². The maximum Gasteiger partial charge on any atom is 0.136 e. The number of Topliss-reactive ketones (excluding diaryl/α,β-unsaturated/α-hetero) is 2.